The number of nitrogens with zero attached hydrogens (tertiary/aromatic N) is 2. The zero-order chi connectivity index (χ0) is 16.4. The lowest BCUT2D eigenvalue weighted by Crippen LogP contribution is -2.26. The summed E-state index contributed by atoms with van der Waals surface area (Å²) in [6.45, 7) is 1.58. The molecule has 0 aromatic heterocycles. The molecule has 0 saturated carbocycles. The monoisotopic (exact) mass is 310 g/mol. The van der Waals surface area contributed by atoms with Crippen molar-refractivity contribution in [3.8, 4) is 0 Å². The van der Waals surface area contributed by atoms with Crippen LogP contribution in [0.2, 0.25) is 0 Å². The van der Waals surface area contributed by atoms with Gasteiger partial charge in [-0.15, -0.1) is 0 Å². The fourth-order valence-corrected chi connectivity index (χ4v) is 3.28. The Labute approximate surface area is 137 Å². The summed E-state index contributed by atoms with van der Waals surface area (Å²) in [5.41, 5.74) is 3.38. The number of para-hydroxylation sites is 2. The molecule has 0 amide bonds. The fraction of sp³-hybridized carbons (Fsp3) is 0.368. The highest BCUT2D eigenvalue weighted by Crippen LogP contribution is 2.43. The molecule has 1 aromatic rings. The zero-order valence-corrected chi connectivity index (χ0v) is 13.7. The third-order valence-corrected chi connectivity index (χ3v) is 4.37. The summed E-state index contributed by atoms with van der Waals surface area (Å²) in [5, 5.41) is 0. The molecule has 4 nitrogen and oxygen atoms in total. The zero-order valence-electron chi connectivity index (χ0n) is 13.7. The molecule has 0 bridgehead atoms. The van der Waals surface area contributed by atoms with E-state index < -0.39 is 0 Å². The minimum Gasteiger partial charge on any atom is -0.329 e. The molecular formula is C19H22N2O2. The number of ketones is 2. The van der Waals surface area contributed by atoms with Crippen LogP contribution in [0.15, 0.2) is 47.9 Å². The van der Waals surface area contributed by atoms with Gasteiger partial charge >= 0.3 is 0 Å². The first-order valence-electron chi connectivity index (χ1n) is 8.14. The SMILES string of the molecule is CC(=O)/C=C1/N(C)c2ccccc2N1/C1=C/CCC(=O)CCC1. The van der Waals surface area contributed by atoms with Crippen LogP contribution in [0.4, 0.5) is 11.4 Å². The molecule has 4 heteroatoms. The van der Waals surface area contributed by atoms with E-state index in [1.54, 1.807) is 13.0 Å². The Balaban J connectivity index is 2.04. The van der Waals surface area contributed by atoms with Crippen molar-refractivity contribution in [3.63, 3.8) is 0 Å². The molecule has 23 heavy (non-hydrogen) atoms. The highest BCUT2D eigenvalue weighted by Gasteiger charge is 2.31. The largest absolute Gasteiger partial charge is 0.329 e. The predicted molar refractivity (Wildman–Crippen MR) is 92.3 cm³/mol. The molecule has 1 aliphatic carbocycles. The average Bonchev–Trinajstić information content (AvgIpc) is 2.76. The van der Waals surface area contributed by atoms with Crippen molar-refractivity contribution in [2.75, 3.05) is 16.8 Å². The van der Waals surface area contributed by atoms with Gasteiger partial charge in [0.05, 0.1) is 11.4 Å². The molecule has 120 valence electrons. The first-order chi connectivity index (χ1) is 11.1. The quantitative estimate of drug-likeness (QED) is 0.779. The van der Waals surface area contributed by atoms with Gasteiger partial charge < -0.3 is 4.90 Å². The number of carbonyl (C=O) groups is 2. The topological polar surface area (TPSA) is 40.6 Å². The Hall–Kier alpha value is -2.36. The Morgan fingerprint density at radius 1 is 1.13 bits per heavy atom. The maximum atomic E-state index is 11.7. The van der Waals surface area contributed by atoms with Gasteiger partial charge in [-0.1, -0.05) is 18.2 Å². The second kappa shape index (κ2) is 6.41. The maximum Gasteiger partial charge on any atom is 0.156 e. The Morgan fingerprint density at radius 3 is 2.61 bits per heavy atom. The summed E-state index contributed by atoms with van der Waals surface area (Å²) in [7, 11) is 1.99. The van der Waals surface area contributed by atoms with Gasteiger partial charge in [0.15, 0.2) is 5.78 Å². The van der Waals surface area contributed by atoms with Crippen LogP contribution in [0.3, 0.4) is 0 Å². The normalized spacial score (nSPS) is 22.4. The number of allylic oxidation sites excluding steroid dienone is 3. The van der Waals surface area contributed by atoms with Crippen molar-refractivity contribution in [2.45, 2.75) is 39.0 Å². The Bertz CT molecular complexity index is 703. The van der Waals surface area contributed by atoms with E-state index in [9.17, 15) is 9.59 Å². The minimum absolute atomic E-state index is 0.0336. The third kappa shape index (κ3) is 3.07. The van der Waals surface area contributed by atoms with Gasteiger partial charge in [0.2, 0.25) is 0 Å². The highest BCUT2D eigenvalue weighted by molar-refractivity contribution is 5.93. The Morgan fingerprint density at radius 2 is 1.87 bits per heavy atom. The molecule has 2 aliphatic rings. The molecule has 1 aliphatic heterocycles. The van der Waals surface area contributed by atoms with Crippen LogP contribution in [0.5, 0.6) is 0 Å². The van der Waals surface area contributed by atoms with E-state index in [0.717, 1.165) is 36.5 Å². The summed E-state index contributed by atoms with van der Waals surface area (Å²) >= 11 is 0. The van der Waals surface area contributed by atoms with Crippen LogP contribution in [0.25, 0.3) is 0 Å². The van der Waals surface area contributed by atoms with Gasteiger partial charge in [0, 0.05) is 31.7 Å². The molecule has 0 unspecified atom stereocenters. The van der Waals surface area contributed by atoms with Crippen LogP contribution < -0.4 is 9.80 Å². The van der Waals surface area contributed by atoms with Gasteiger partial charge in [-0.25, -0.2) is 0 Å². The molecule has 3 rings (SSSR count). The molecule has 0 N–H and O–H groups in total. The number of Topliss-reactive ketones (excluding diaryl/α,β-unsaturated/α-hetero) is 1. The van der Waals surface area contributed by atoms with Gasteiger partial charge in [0.1, 0.15) is 11.6 Å². The molecular weight excluding hydrogens is 288 g/mol. The third-order valence-electron chi connectivity index (χ3n) is 4.37. The molecule has 0 fully saturated rings. The summed E-state index contributed by atoms with van der Waals surface area (Å²) in [5.74, 6) is 1.27. The van der Waals surface area contributed by atoms with Crippen molar-refractivity contribution >= 4 is 22.9 Å². The van der Waals surface area contributed by atoms with E-state index in [1.165, 1.54) is 5.70 Å². The molecule has 0 spiro atoms. The number of hydrogen-bond acceptors (Lipinski definition) is 4. The van der Waals surface area contributed by atoms with Crippen molar-refractivity contribution in [1.82, 2.24) is 0 Å². The van der Waals surface area contributed by atoms with Crippen LogP contribution in [0.1, 0.15) is 39.0 Å². The first-order valence-corrected chi connectivity index (χ1v) is 8.14. The van der Waals surface area contributed by atoms with E-state index in [1.807, 2.05) is 19.2 Å². The molecule has 0 radical (unpaired) electrons. The van der Waals surface area contributed by atoms with Crippen molar-refractivity contribution < 1.29 is 9.59 Å². The van der Waals surface area contributed by atoms with Gasteiger partial charge in [-0.3, -0.25) is 14.5 Å². The van der Waals surface area contributed by atoms with Gasteiger partial charge in [0.25, 0.3) is 0 Å². The second-order valence-corrected chi connectivity index (χ2v) is 6.12. The van der Waals surface area contributed by atoms with E-state index in [2.05, 4.69) is 28.0 Å². The number of benzene rings is 1. The predicted octanol–water partition coefficient (Wildman–Crippen LogP) is 3.79. The molecule has 1 heterocycles. The van der Waals surface area contributed by atoms with Crippen LogP contribution in [0, 0.1) is 0 Å². The van der Waals surface area contributed by atoms with Crippen LogP contribution in [-0.2, 0) is 9.59 Å². The van der Waals surface area contributed by atoms with E-state index in [-0.39, 0.29) is 5.78 Å². The van der Waals surface area contributed by atoms with Crippen molar-refractivity contribution in [3.05, 3.63) is 47.9 Å². The first kappa shape index (κ1) is 15.5. The molecule has 1 aromatic carbocycles. The van der Waals surface area contributed by atoms with Crippen molar-refractivity contribution in [2.24, 2.45) is 0 Å². The van der Waals surface area contributed by atoms with Gasteiger partial charge in [-0.2, -0.15) is 0 Å². The standard InChI is InChI=1S/C19H22N2O2/c1-14(22)13-19-20(2)17-11-3-4-12-18(17)21(19)15-7-5-9-16(23)10-6-8-15/h3-4,7,11-13H,5-6,8-10H2,1-2H3/b15-7+,19-13-. The molecule has 0 saturated heterocycles. The van der Waals surface area contributed by atoms with E-state index in [0.29, 0.717) is 18.6 Å². The average molecular weight is 310 g/mol. The maximum absolute atomic E-state index is 11.7. The smallest absolute Gasteiger partial charge is 0.156 e. The second-order valence-electron chi connectivity index (χ2n) is 6.12. The number of carbonyl (C=O) groups excluding carboxylic acids is 2. The summed E-state index contributed by atoms with van der Waals surface area (Å²) in [6, 6.07) is 8.17. The molecule has 0 atom stereocenters. The van der Waals surface area contributed by atoms with Crippen LogP contribution in [-0.4, -0.2) is 18.6 Å². The van der Waals surface area contributed by atoms with Crippen molar-refractivity contribution in [1.29, 1.82) is 0 Å². The number of hydrogen-bond donors (Lipinski definition) is 0. The summed E-state index contributed by atoms with van der Waals surface area (Å²) < 4.78 is 0. The summed E-state index contributed by atoms with van der Waals surface area (Å²) in [6.07, 6.45) is 7.58. The lowest BCUT2D eigenvalue weighted by atomic mass is 10.0. The lowest BCUT2D eigenvalue weighted by molar-refractivity contribution is -0.119. The van der Waals surface area contributed by atoms with Crippen LogP contribution >= 0.6 is 0 Å². The van der Waals surface area contributed by atoms with Gasteiger partial charge in [-0.05, 0) is 38.3 Å². The van der Waals surface area contributed by atoms with E-state index in [4.69, 9.17) is 0 Å². The van der Waals surface area contributed by atoms with E-state index >= 15 is 0 Å². The number of rotatable bonds is 2. The Kier molecular flexibility index (Phi) is 4.33. The fourth-order valence-electron chi connectivity index (χ4n) is 3.28. The lowest BCUT2D eigenvalue weighted by Gasteiger charge is -2.26. The highest BCUT2D eigenvalue weighted by atomic mass is 16.1. The summed E-state index contributed by atoms with van der Waals surface area (Å²) in [4.78, 5) is 27.5. The number of anilines is 2. The minimum atomic E-state index is 0.0336. The number of fused-ring (bicyclic) bond motifs is 1.